The third kappa shape index (κ3) is 3.41. The molecule has 0 aliphatic rings. The summed E-state index contributed by atoms with van der Waals surface area (Å²) < 4.78 is 1.72. The molecule has 0 radical (unpaired) electrons. The quantitative estimate of drug-likeness (QED) is 0.460. The minimum atomic E-state index is -0.353. The average Bonchev–Trinajstić information content (AvgIpc) is 2.93. The van der Waals surface area contributed by atoms with Crippen molar-refractivity contribution in [3.05, 3.63) is 51.8 Å². The zero-order chi connectivity index (χ0) is 14.5. The van der Waals surface area contributed by atoms with Gasteiger partial charge in [0.25, 0.3) is 5.69 Å². The standard InChI is InChI=1S/C13H15BrN4O2/c1-2-11(14)12-9-17(16-15-12)8-7-10-5-3-4-6-13(10)18(19)20/h3-6,9,11H,2,7-8H2,1H3. The SMILES string of the molecule is CCC(Br)c1cn(CCc2ccccc2[N+](=O)[O-])nn1. The number of nitrogens with zero attached hydrogens (tertiary/aromatic N) is 4. The summed E-state index contributed by atoms with van der Waals surface area (Å²) in [6.45, 7) is 2.63. The molecule has 0 N–H and O–H groups in total. The van der Waals surface area contributed by atoms with E-state index in [9.17, 15) is 10.1 Å². The van der Waals surface area contributed by atoms with E-state index in [0.29, 0.717) is 18.5 Å². The molecular weight excluding hydrogens is 324 g/mol. The molecule has 0 amide bonds. The lowest BCUT2D eigenvalue weighted by molar-refractivity contribution is -0.385. The molecule has 7 heteroatoms. The smallest absolute Gasteiger partial charge is 0.258 e. The van der Waals surface area contributed by atoms with Crippen LogP contribution in [0.4, 0.5) is 5.69 Å². The lowest BCUT2D eigenvalue weighted by Crippen LogP contribution is -2.04. The molecule has 2 rings (SSSR count). The number of benzene rings is 1. The Morgan fingerprint density at radius 1 is 1.45 bits per heavy atom. The molecule has 106 valence electrons. The van der Waals surface area contributed by atoms with Crippen molar-refractivity contribution in [2.45, 2.75) is 31.1 Å². The topological polar surface area (TPSA) is 73.8 Å². The third-order valence-corrected chi connectivity index (χ3v) is 4.15. The van der Waals surface area contributed by atoms with Gasteiger partial charge in [-0.15, -0.1) is 5.10 Å². The highest BCUT2D eigenvalue weighted by molar-refractivity contribution is 9.09. The fourth-order valence-corrected chi connectivity index (χ4v) is 2.12. The van der Waals surface area contributed by atoms with Crippen LogP contribution >= 0.6 is 15.9 Å². The molecule has 0 saturated carbocycles. The van der Waals surface area contributed by atoms with Crippen LogP contribution in [0.15, 0.2) is 30.5 Å². The number of aryl methyl sites for hydroxylation is 2. The van der Waals surface area contributed by atoms with Crippen LogP contribution in [-0.4, -0.2) is 19.9 Å². The van der Waals surface area contributed by atoms with Crippen LogP contribution in [0.25, 0.3) is 0 Å². The molecule has 20 heavy (non-hydrogen) atoms. The van der Waals surface area contributed by atoms with Gasteiger partial charge in [0.1, 0.15) is 0 Å². The summed E-state index contributed by atoms with van der Waals surface area (Å²) in [6.07, 6.45) is 3.36. The maximum atomic E-state index is 10.9. The highest BCUT2D eigenvalue weighted by Gasteiger charge is 2.13. The van der Waals surface area contributed by atoms with Crippen molar-refractivity contribution >= 4 is 21.6 Å². The van der Waals surface area contributed by atoms with Gasteiger partial charge in [0.15, 0.2) is 0 Å². The van der Waals surface area contributed by atoms with E-state index >= 15 is 0 Å². The fraction of sp³-hybridized carbons (Fsp3) is 0.385. The van der Waals surface area contributed by atoms with Crippen molar-refractivity contribution in [2.24, 2.45) is 0 Å². The van der Waals surface area contributed by atoms with Gasteiger partial charge in [-0.25, -0.2) is 0 Å². The lowest BCUT2D eigenvalue weighted by atomic mass is 10.1. The van der Waals surface area contributed by atoms with Crippen molar-refractivity contribution in [2.75, 3.05) is 0 Å². The van der Waals surface area contributed by atoms with Gasteiger partial charge in [-0.1, -0.05) is 46.3 Å². The van der Waals surface area contributed by atoms with Gasteiger partial charge in [-0.2, -0.15) is 0 Å². The second-order valence-corrected chi connectivity index (χ2v) is 5.52. The molecular formula is C13H15BrN4O2. The summed E-state index contributed by atoms with van der Waals surface area (Å²) in [7, 11) is 0. The summed E-state index contributed by atoms with van der Waals surface area (Å²) >= 11 is 3.52. The van der Waals surface area contributed by atoms with E-state index in [1.54, 1.807) is 22.9 Å². The van der Waals surface area contributed by atoms with Gasteiger partial charge >= 0.3 is 0 Å². The number of alkyl halides is 1. The van der Waals surface area contributed by atoms with Crippen molar-refractivity contribution < 1.29 is 4.92 Å². The Balaban J connectivity index is 2.06. The van der Waals surface area contributed by atoms with Crippen molar-refractivity contribution in [1.82, 2.24) is 15.0 Å². The van der Waals surface area contributed by atoms with Crippen LogP contribution in [0.3, 0.4) is 0 Å². The molecule has 0 fully saturated rings. The van der Waals surface area contributed by atoms with Crippen LogP contribution < -0.4 is 0 Å². The van der Waals surface area contributed by atoms with Gasteiger partial charge in [0, 0.05) is 24.4 Å². The van der Waals surface area contributed by atoms with Crippen LogP contribution in [0.2, 0.25) is 0 Å². The first kappa shape index (κ1) is 14.6. The van der Waals surface area contributed by atoms with Gasteiger partial charge < -0.3 is 0 Å². The van der Waals surface area contributed by atoms with E-state index in [1.807, 2.05) is 6.20 Å². The highest BCUT2D eigenvalue weighted by atomic mass is 79.9. The Kier molecular flexibility index (Phi) is 4.84. The summed E-state index contributed by atoms with van der Waals surface area (Å²) in [5, 5.41) is 19.1. The predicted octanol–water partition coefficient (Wildman–Crippen LogP) is 3.28. The number of hydrogen-bond acceptors (Lipinski definition) is 4. The summed E-state index contributed by atoms with van der Waals surface area (Å²) in [5.74, 6) is 0. The first-order valence-corrected chi connectivity index (χ1v) is 7.29. The Morgan fingerprint density at radius 3 is 2.90 bits per heavy atom. The number of para-hydroxylation sites is 1. The van der Waals surface area contributed by atoms with Crippen molar-refractivity contribution in [3.63, 3.8) is 0 Å². The third-order valence-electron chi connectivity index (χ3n) is 3.03. The maximum absolute atomic E-state index is 10.9. The monoisotopic (exact) mass is 338 g/mol. The number of aromatic nitrogens is 3. The second-order valence-electron chi connectivity index (χ2n) is 4.42. The molecule has 0 saturated heterocycles. The molecule has 1 aromatic carbocycles. The highest BCUT2D eigenvalue weighted by Crippen LogP contribution is 2.23. The molecule has 0 aliphatic heterocycles. The van der Waals surface area contributed by atoms with E-state index in [1.165, 1.54) is 6.07 Å². The van der Waals surface area contributed by atoms with Crippen LogP contribution in [0, 0.1) is 10.1 Å². The van der Waals surface area contributed by atoms with Gasteiger partial charge in [0.2, 0.25) is 0 Å². The van der Waals surface area contributed by atoms with Crippen LogP contribution in [-0.2, 0) is 13.0 Å². The Labute approximate surface area is 125 Å². The first-order valence-electron chi connectivity index (χ1n) is 6.38. The molecule has 0 aliphatic carbocycles. The maximum Gasteiger partial charge on any atom is 0.272 e. The number of rotatable bonds is 6. The number of nitro benzene ring substituents is 1. The summed E-state index contributed by atoms with van der Waals surface area (Å²) in [6, 6.07) is 6.77. The average molecular weight is 339 g/mol. The van der Waals surface area contributed by atoms with Gasteiger partial charge in [-0.3, -0.25) is 14.8 Å². The molecule has 6 nitrogen and oxygen atoms in total. The predicted molar refractivity (Wildman–Crippen MR) is 78.8 cm³/mol. The number of halogens is 1. The number of nitro groups is 1. The van der Waals surface area contributed by atoms with E-state index in [2.05, 4.69) is 33.2 Å². The first-order chi connectivity index (χ1) is 9.61. The molecule has 1 unspecified atom stereocenters. The Hall–Kier alpha value is -1.76. The molecule has 1 heterocycles. The summed E-state index contributed by atoms with van der Waals surface area (Å²) in [5.41, 5.74) is 1.75. The van der Waals surface area contributed by atoms with Crippen molar-refractivity contribution in [3.8, 4) is 0 Å². The van der Waals surface area contributed by atoms with Crippen molar-refractivity contribution in [1.29, 1.82) is 0 Å². The molecule has 1 aromatic heterocycles. The van der Waals surface area contributed by atoms with E-state index in [4.69, 9.17) is 0 Å². The van der Waals surface area contributed by atoms with E-state index < -0.39 is 0 Å². The molecule has 2 aromatic rings. The van der Waals surface area contributed by atoms with Gasteiger partial charge in [-0.05, 0) is 12.8 Å². The normalized spacial score (nSPS) is 12.3. The minimum absolute atomic E-state index is 0.153. The van der Waals surface area contributed by atoms with Crippen LogP contribution in [0.1, 0.15) is 29.4 Å². The summed E-state index contributed by atoms with van der Waals surface area (Å²) in [4.78, 5) is 10.8. The van der Waals surface area contributed by atoms with Gasteiger partial charge in [0.05, 0.1) is 15.4 Å². The minimum Gasteiger partial charge on any atom is -0.258 e. The fourth-order valence-electron chi connectivity index (χ4n) is 1.91. The number of hydrogen-bond donors (Lipinski definition) is 0. The van der Waals surface area contributed by atoms with Crippen LogP contribution in [0.5, 0.6) is 0 Å². The zero-order valence-corrected chi connectivity index (χ0v) is 12.7. The Bertz CT molecular complexity index is 600. The largest absolute Gasteiger partial charge is 0.272 e. The molecule has 0 spiro atoms. The van der Waals surface area contributed by atoms with E-state index in [0.717, 1.165) is 12.1 Å². The molecule has 1 atom stereocenters. The second kappa shape index (κ2) is 6.60. The van der Waals surface area contributed by atoms with E-state index in [-0.39, 0.29) is 15.4 Å². The zero-order valence-electron chi connectivity index (χ0n) is 11.1. The molecule has 0 bridgehead atoms. The lowest BCUT2D eigenvalue weighted by Gasteiger charge is -2.03. The Morgan fingerprint density at radius 2 is 2.20 bits per heavy atom.